The minimum Gasteiger partial charge on any atom is -0.490 e. The fourth-order valence-electron chi connectivity index (χ4n) is 2.43. The van der Waals surface area contributed by atoms with E-state index < -0.39 is 0 Å². The molecule has 0 saturated heterocycles. The first-order valence-electron chi connectivity index (χ1n) is 9.15. The van der Waals surface area contributed by atoms with Crippen molar-refractivity contribution in [1.82, 2.24) is 10.6 Å². The van der Waals surface area contributed by atoms with Gasteiger partial charge in [0.25, 0.3) is 5.91 Å². The molecule has 0 bridgehead atoms. The zero-order valence-corrected chi connectivity index (χ0v) is 16.5. The van der Waals surface area contributed by atoms with Crippen molar-refractivity contribution in [2.24, 2.45) is 0 Å². The van der Waals surface area contributed by atoms with Gasteiger partial charge in [-0.3, -0.25) is 4.79 Å². The van der Waals surface area contributed by atoms with Gasteiger partial charge in [-0.25, -0.2) is 4.79 Å². The monoisotopic (exact) mass is 385 g/mol. The van der Waals surface area contributed by atoms with Gasteiger partial charge in [0.2, 0.25) is 0 Å². The lowest BCUT2D eigenvalue weighted by molar-refractivity contribution is 0.0943. The highest BCUT2D eigenvalue weighted by atomic mass is 16.5. The molecule has 0 heterocycles. The van der Waals surface area contributed by atoms with Crippen molar-refractivity contribution >= 4 is 17.6 Å². The molecule has 7 nitrogen and oxygen atoms in total. The van der Waals surface area contributed by atoms with Crippen LogP contribution in [0.2, 0.25) is 0 Å². The van der Waals surface area contributed by atoms with Crippen LogP contribution in [0.4, 0.5) is 10.5 Å². The topological polar surface area (TPSA) is 88.7 Å². The standard InChI is InChI=1S/C21H27N3O4/c1-15(2)23-21(26)24-17-10-8-16(9-11-17)14-22-20(25)18-6-4-5-7-19(18)28-13-12-27-3/h4-11,15H,12-14H2,1-3H3,(H,22,25)(H2,23,24,26). The molecule has 28 heavy (non-hydrogen) atoms. The van der Waals surface area contributed by atoms with Gasteiger partial charge in [0.05, 0.1) is 12.2 Å². The van der Waals surface area contributed by atoms with Gasteiger partial charge in [0.15, 0.2) is 0 Å². The molecule has 0 aromatic heterocycles. The van der Waals surface area contributed by atoms with Crippen LogP contribution in [-0.2, 0) is 11.3 Å². The number of hydrogen-bond acceptors (Lipinski definition) is 4. The molecule has 2 rings (SSSR count). The highest BCUT2D eigenvalue weighted by Crippen LogP contribution is 2.18. The van der Waals surface area contributed by atoms with E-state index in [1.54, 1.807) is 37.4 Å². The van der Waals surface area contributed by atoms with Gasteiger partial charge in [0.1, 0.15) is 12.4 Å². The Morgan fingerprint density at radius 2 is 1.71 bits per heavy atom. The van der Waals surface area contributed by atoms with E-state index in [0.717, 1.165) is 5.56 Å². The lowest BCUT2D eigenvalue weighted by Gasteiger charge is -2.12. The molecule has 3 N–H and O–H groups in total. The van der Waals surface area contributed by atoms with E-state index in [0.29, 0.717) is 36.8 Å². The van der Waals surface area contributed by atoms with Gasteiger partial charge in [-0.2, -0.15) is 0 Å². The number of carbonyl (C=O) groups is 2. The van der Waals surface area contributed by atoms with E-state index in [9.17, 15) is 9.59 Å². The van der Waals surface area contributed by atoms with Crippen LogP contribution in [-0.4, -0.2) is 38.3 Å². The van der Waals surface area contributed by atoms with Gasteiger partial charge in [-0.1, -0.05) is 24.3 Å². The Morgan fingerprint density at radius 3 is 2.39 bits per heavy atom. The van der Waals surface area contributed by atoms with Crippen LogP contribution in [0.25, 0.3) is 0 Å². The van der Waals surface area contributed by atoms with Crippen molar-refractivity contribution in [2.45, 2.75) is 26.4 Å². The first kappa shape index (κ1) is 21.2. The van der Waals surface area contributed by atoms with Crippen LogP contribution >= 0.6 is 0 Å². The van der Waals surface area contributed by atoms with Gasteiger partial charge in [0, 0.05) is 25.4 Å². The molecule has 7 heteroatoms. The van der Waals surface area contributed by atoms with Crippen LogP contribution in [0.5, 0.6) is 5.75 Å². The van der Waals surface area contributed by atoms with Gasteiger partial charge >= 0.3 is 6.03 Å². The van der Waals surface area contributed by atoms with Crippen LogP contribution in [0.3, 0.4) is 0 Å². The Hall–Kier alpha value is -3.06. The lowest BCUT2D eigenvalue weighted by atomic mass is 10.1. The van der Waals surface area contributed by atoms with Crippen molar-refractivity contribution in [2.75, 3.05) is 25.6 Å². The van der Waals surface area contributed by atoms with E-state index in [1.165, 1.54) is 0 Å². The minimum absolute atomic E-state index is 0.0656. The molecule has 0 aliphatic carbocycles. The molecular formula is C21H27N3O4. The van der Waals surface area contributed by atoms with Crippen molar-refractivity contribution in [3.63, 3.8) is 0 Å². The summed E-state index contributed by atoms with van der Waals surface area (Å²) in [5, 5.41) is 8.40. The highest BCUT2D eigenvalue weighted by molar-refractivity contribution is 5.96. The third-order valence-electron chi connectivity index (χ3n) is 3.76. The number of hydrogen-bond donors (Lipinski definition) is 3. The number of carbonyl (C=O) groups excluding carboxylic acids is 2. The number of methoxy groups -OCH3 is 1. The Labute approximate surface area is 165 Å². The molecule has 0 atom stereocenters. The second kappa shape index (κ2) is 10.9. The Balaban J connectivity index is 1.90. The molecule has 2 aromatic carbocycles. The number of urea groups is 1. The van der Waals surface area contributed by atoms with Crippen molar-refractivity contribution in [1.29, 1.82) is 0 Å². The number of nitrogens with one attached hydrogen (secondary N) is 3. The molecule has 150 valence electrons. The summed E-state index contributed by atoms with van der Waals surface area (Å²) < 4.78 is 10.6. The molecule has 3 amide bonds. The Morgan fingerprint density at radius 1 is 1.00 bits per heavy atom. The average Bonchev–Trinajstić information content (AvgIpc) is 2.67. The summed E-state index contributed by atoms with van der Waals surface area (Å²) in [7, 11) is 1.60. The molecule has 0 fully saturated rings. The maximum Gasteiger partial charge on any atom is 0.319 e. The van der Waals surface area contributed by atoms with E-state index in [2.05, 4.69) is 16.0 Å². The fourth-order valence-corrected chi connectivity index (χ4v) is 2.43. The van der Waals surface area contributed by atoms with Gasteiger partial charge < -0.3 is 25.4 Å². The van der Waals surface area contributed by atoms with Gasteiger partial charge in [-0.15, -0.1) is 0 Å². The van der Waals surface area contributed by atoms with Crippen LogP contribution in [0, 0.1) is 0 Å². The van der Waals surface area contributed by atoms with Crippen LogP contribution in [0.15, 0.2) is 48.5 Å². The summed E-state index contributed by atoms with van der Waals surface area (Å²) in [4.78, 5) is 24.2. The summed E-state index contributed by atoms with van der Waals surface area (Å²) in [6.45, 7) is 4.98. The zero-order chi connectivity index (χ0) is 20.4. The number of ether oxygens (including phenoxy) is 2. The normalized spacial score (nSPS) is 10.4. The largest absolute Gasteiger partial charge is 0.490 e. The lowest BCUT2D eigenvalue weighted by Crippen LogP contribution is -2.34. The molecule has 0 saturated carbocycles. The van der Waals surface area contributed by atoms with Crippen molar-refractivity contribution in [3.8, 4) is 5.75 Å². The molecule has 0 spiro atoms. The SMILES string of the molecule is COCCOc1ccccc1C(=O)NCc1ccc(NC(=O)NC(C)C)cc1. The quantitative estimate of drug-likeness (QED) is 0.579. The van der Waals surface area contributed by atoms with Crippen molar-refractivity contribution in [3.05, 3.63) is 59.7 Å². The Bertz CT molecular complexity index is 775. The van der Waals surface area contributed by atoms with E-state index in [1.807, 2.05) is 32.0 Å². The van der Waals surface area contributed by atoms with E-state index >= 15 is 0 Å². The Kier molecular flexibility index (Phi) is 8.30. The first-order chi connectivity index (χ1) is 13.5. The second-order valence-corrected chi connectivity index (χ2v) is 6.47. The summed E-state index contributed by atoms with van der Waals surface area (Å²) in [6, 6.07) is 14.2. The van der Waals surface area contributed by atoms with E-state index in [-0.39, 0.29) is 18.0 Å². The molecule has 2 aromatic rings. The molecule has 0 unspecified atom stereocenters. The molecule has 0 aliphatic rings. The summed E-state index contributed by atoms with van der Waals surface area (Å²) in [5.74, 6) is 0.305. The summed E-state index contributed by atoms with van der Waals surface area (Å²) >= 11 is 0. The highest BCUT2D eigenvalue weighted by Gasteiger charge is 2.12. The van der Waals surface area contributed by atoms with Gasteiger partial charge in [-0.05, 0) is 43.7 Å². The first-order valence-corrected chi connectivity index (χ1v) is 9.15. The van der Waals surface area contributed by atoms with E-state index in [4.69, 9.17) is 9.47 Å². The third-order valence-corrected chi connectivity index (χ3v) is 3.76. The zero-order valence-electron chi connectivity index (χ0n) is 16.5. The van der Waals surface area contributed by atoms with Crippen molar-refractivity contribution < 1.29 is 19.1 Å². The predicted octanol–water partition coefficient (Wildman–Crippen LogP) is 3.17. The number of anilines is 1. The van der Waals surface area contributed by atoms with Crippen LogP contribution < -0.4 is 20.7 Å². The molecule has 0 aliphatic heterocycles. The fraction of sp³-hybridized carbons (Fsp3) is 0.333. The maximum absolute atomic E-state index is 12.5. The summed E-state index contributed by atoms with van der Waals surface area (Å²) in [6.07, 6.45) is 0. The van der Waals surface area contributed by atoms with Crippen LogP contribution in [0.1, 0.15) is 29.8 Å². The predicted molar refractivity (Wildman–Crippen MR) is 109 cm³/mol. The smallest absolute Gasteiger partial charge is 0.319 e. The number of amides is 3. The minimum atomic E-state index is -0.249. The number of rotatable bonds is 9. The third kappa shape index (κ3) is 6.92. The number of benzene rings is 2. The second-order valence-electron chi connectivity index (χ2n) is 6.47. The molecule has 0 radical (unpaired) electrons. The molecular weight excluding hydrogens is 358 g/mol. The number of para-hydroxylation sites is 1. The maximum atomic E-state index is 12.5. The summed E-state index contributed by atoms with van der Waals surface area (Å²) in [5.41, 5.74) is 2.08. The average molecular weight is 385 g/mol.